The van der Waals surface area contributed by atoms with Crippen molar-refractivity contribution in [3.63, 3.8) is 0 Å². The van der Waals surface area contributed by atoms with Gasteiger partial charge in [0.1, 0.15) is 0 Å². The van der Waals surface area contributed by atoms with Crippen LogP contribution in [0.25, 0.3) is 0 Å². The first-order valence-corrected chi connectivity index (χ1v) is 6.56. The smallest absolute Gasteiger partial charge is 0.0515 e. The number of nitrogens with zero attached hydrogens (tertiary/aromatic N) is 1. The Bertz CT molecular complexity index is 376. The van der Waals surface area contributed by atoms with Crippen LogP contribution in [0.5, 0.6) is 0 Å². The monoisotopic (exact) mass is 282 g/mol. The van der Waals surface area contributed by atoms with Crippen molar-refractivity contribution in [2.45, 2.75) is 25.8 Å². The Labute approximate surface area is 106 Å². The van der Waals surface area contributed by atoms with Gasteiger partial charge in [-0.25, -0.2) is 0 Å². The number of para-hydroxylation sites is 1. The van der Waals surface area contributed by atoms with Gasteiger partial charge in [-0.05, 0) is 60.8 Å². The van der Waals surface area contributed by atoms with E-state index < -0.39 is 0 Å². The summed E-state index contributed by atoms with van der Waals surface area (Å²) in [6.07, 6.45) is 1.17. The van der Waals surface area contributed by atoms with Gasteiger partial charge in [0.15, 0.2) is 0 Å². The van der Waals surface area contributed by atoms with Crippen molar-refractivity contribution in [1.82, 2.24) is 0 Å². The zero-order valence-corrected chi connectivity index (χ0v) is 11.5. The van der Waals surface area contributed by atoms with E-state index in [4.69, 9.17) is 5.73 Å². The van der Waals surface area contributed by atoms with Gasteiger partial charge in [0.25, 0.3) is 0 Å². The lowest BCUT2D eigenvalue weighted by Gasteiger charge is -2.34. The average Bonchev–Trinajstić information content (AvgIpc) is 2.54. The number of rotatable bonds is 2. The molecule has 16 heavy (non-hydrogen) atoms. The molecule has 3 heteroatoms. The minimum Gasteiger partial charge on any atom is -0.365 e. The van der Waals surface area contributed by atoms with Crippen LogP contribution in [-0.4, -0.2) is 18.6 Å². The van der Waals surface area contributed by atoms with Gasteiger partial charge < -0.3 is 10.6 Å². The predicted molar refractivity (Wildman–Crippen MR) is 72.7 cm³/mol. The molecule has 0 bridgehead atoms. The Morgan fingerprint density at radius 1 is 1.44 bits per heavy atom. The lowest BCUT2D eigenvalue weighted by atomic mass is 9.96. The Morgan fingerprint density at radius 3 is 2.69 bits per heavy atom. The highest BCUT2D eigenvalue weighted by atomic mass is 79.9. The molecule has 1 aliphatic heterocycles. The van der Waals surface area contributed by atoms with E-state index in [1.165, 1.54) is 16.6 Å². The summed E-state index contributed by atoms with van der Waals surface area (Å²) >= 11 is 3.63. The molecule has 0 radical (unpaired) electrons. The van der Waals surface area contributed by atoms with Crippen LogP contribution in [0.15, 0.2) is 28.7 Å². The van der Waals surface area contributed by atoms with E-state index in [2.05, 4.69) is 58.9 Å². The summed E-state index contributed by atoms with van der Waals surface area (Å²) < 4.78 is 1.17. The fourth-order valence-corrected chi connectivity index (χ4v) is 3.14. The molecule has 1 aromatic rings. The minimum atomic E-state index is 0.202. The number of hydrogen-bond donors (Lipinski definition) is 1. The second kappa shape index (κ2) is 4.38. The van der Waals surface area contributed by atoms with Crippen molar-refractivity contribution in [2.75, 3.05) is 18.0 Å². The van der Waals surface area contributed by atoms with Crippen LogP contribution in [0, 0.1) is 5.92 Å². The van der Waals surface area contributed by atoms with E-state index in [0.29, 0.717) is 5.92 Å². The second-order valence-corrected chi connectivity index (χ2v) is 6.03. The third kappa shape index (κ3) is 2.11. The van der Waals surface area contributed by atoms with Gasteiger partial charge in [-0.15, -0.1) is 0 Å². The zero-order chi connectivity index (χ0) is 11.8. The van der Waals surface area contributed by atoms with E-state index in [1.807, 2.05) is 0 Å². The molecule has 1 saturated heterocycles. The number of hydrogen-bond acceptors (Lipinski definition) is 2. The van der Waals surface area contributed by atoms with Gasteiger partial charge in [0, 0.05) is 16.6 Å². The van der Waals surface area contributed by atoms with Crippen LogP contribution < -0.4 is 10.6 Å². The minimum absolute atomic E-state index is 0.202. The summed E-state index contributed by atoms with van der Waals surface area (Å²) in [5.74, 6) is 0.613. The van der Waals surface area contributed by atoms with Gasteiger partial charge in [0.2, 0.25) is 0 Å². The topological polar surface area (TPSA) is 29.3 Å². The zero-order valence-electron chi connectivity index (χ0n) is 9.91. The van der Waals surface area contributed by atoms with Crippen molar-refractivity contribution < 1.29 is 0 Å². The molecule has 1 atom stereocenters. The highest BCUT2D eigenvalue weighted by molar-refractivity contribution is 9.10. The fraction of sp³-hybridized carbons (Fsp3) is 0.538. The van der Waals surface area contributed by atoms with E-state index in [0.717, 1.165) is 13.1 Å². The Kier molecular flexibility index (Phi) is 3.27. The van der Waals surface area contributed by atoms with Crippen LogP contribution in [0.4, 0.5) is 5.69 Å². The summed E-state index contributed by atoms with van der Waals surface area (Å²) in [4.78, 5) is 2.47. The summed E-state index contributed by atoms with van der Waals surface area (Å²) in [5.41, 5.74) is 7.28. The van der Waals surface area contributed by atoms with Gasteiger partial charge in [0.05, 0.1) is 5.69 Å². The largest absolute Gasteiger partial charge is 0.365 e. The first-order valence-electron chi connectivity index (χ1n) is 5.77. The second-order valence-electron chi connectivity index (χ2n) is 5.18. The molecule has 88 valence electrons. The lowest BCUT2D eigenvalue weighted by molar-refractivity contribution is 0.476. The van der Waals surface area contributed by atoms with Crippen LogP contribution in [-0.2, 0) is 0 Å². The summed E-state index contributed by atoms with van der Waals surface area (Å²) in [7, 11) is 0. The molecular formula is C13H19BrN2. The number of benzene rings is 1. The van der Waals surface area contributed by atoms with E-state index in [1.54, 1.807) is 0 Å². The highest BCUT2D eigenvalue weighted by Crippen LogP contribution is 2.39. The summed E-state index contributed by atoms with van der Waals surface area (Å²) in [5, 5.41) is 0. The third-order valence-corrected chi connectivity index (χ3v) is 4.11. The first-order chi connectivity index (χ1) is 7.54. The SMILES string of the molecule is CC1(C)CC(CN)CN1c1ccccc1Br. The van der Waals surface area contributed by atoms with Gasteiger partial charge in [-0.2, -0.15) is 0 Å². The molecule has 0 aromatic heterocycles. The van der Waals surface area contributed by atoms with Gasteiger partial charge in [-0.3, -0.25) is 0 Å². The molecule has 0 aliphatic carbocycles. The molecule has 2 nitrogen and oxygen atoms in total. The Morgan fingerprint density at radius 2 is 2.12 bits per heavy atom. The molecule has 0 spiro atoms. The molecule has 1 heterocycles. The van der Waals surface area contributed by atoms with Crippen LogP contribution in [0.1, 0.15) is 20.3 Å². The van der Waals surface area contributed by atoms with Crippen molar-refractivity contribution in [1.29, 1.82) is 0 Å². The van der Waals surface area contributed by atoms with Crippen LogP contribution >= 0.6 is 15.9 Å². The molecule has 1 fully saturated rings. The molecule has 0 saturated carbocycles. The first kappa shape index (κ1) is 11.9. The molecular weight excluding hydrogens is 264 g/mol. The third-order valence-electron chi connectivity index (χ3n) is 3.44. The molecule has 2 N–H and O–H groups in total. The van der Waals surface area contributed by atoms with E-state index >= 15 is 0 Å². The van der Waals surface area contributed by atoms with Crippen molar-refractivity contribution in [3.05, 3.63) is 28.7 Å². The maximum Gasteiger partial charge on any atom is 0.0515 e. The van der Waals surface area contributed by atoms with Gasteiger partial charge >= 0.3 is 0 Å². The van der Waals surface area contributed by atoms with E-state index in [-0.39, 0.29) is 5.54 Å². The van der Waals surface area contributed by atoms with Crippen LogP contribution in [0.2, 0.25) is 0 Å². The summed E-state index contributed by atoms with van der Waals surface area (Å²) in [6.45, 7) is 6.43. The van der Waals surface area contributed by atoms with Crippen LogP contribution in [0.3, 0.4) is 0 Å². The average molecular weight is 283 g/mol. The lowest BCUT2D eigenvalue weighted by Crippen LogP contribution is -2.38. The fourth-order valence-electron chi connectivity index (χ4n) is 2.64. The Hall–Kier alpha value is -0.540. The quantitative estimate of drug-likeness (QED) is 0.904. The molecule has 2 rings (SSSR count). The molecule has 1 aliphatic rings. The Balaban J connectivity index is 2.31. The molecule has 1 aromatic carbocycles. The normalized spacial score (nSPS) is 23.8. The van der Waals surface area contributed by atoms with Crippen molar-refractivity contribution >= 4 is 21.6 Å². The predicted octanol–water partition coefficient (Wildman–Crippen LogP) is 3.01. The number of nitrogens with two attached hydrogens (primary N) is 1. The highest BCUT2D eigenvalue weighted by Gasteiger charge is 2.38. The van der Waals surface area contributed by atoms with Gasteiger partial charge in [-0.1, -0.05) is 12.1 Å². The summed E-state index contributed by atoms with van der Waals surface area (Å²) in [6, 6.07) is 8.41. The van der Waals surface area contributed by atoms with E-state index in [9.17, 15) is 0 Å². The molecule has 1 unspecified atom stereocenters. The standard InChI is InChI=1S/C13H19BrN2/c1-13(2)7-10(8-15)9-16(13)12-6-4-3-5-11(12)14/h3-6,10H,7-9,15H2,1-2H3. The number of halogens is 1. The van der Waals surface area contributed by atoms with Crippen molar-refractivity contribution in [2.24, 2.45) is 11.7 Å². The number of anilines is 1. The maximum absolute atomic E-state index is 5.79. The van der Waals surface area contributed by atoms with Crippen molar-refractivity contribution in [3.8, 4) is 0 Å². The maximum atomic E-state index is 5.79. The molecule has 0 amide bonds.